The molecule has 2 heterocycles. The molecule has 88 valence electrons. The Hall–Kier alpha value is -0.830. The van der Waals surface area contributed by atoms with Gasteiger partial charge in [0.05, 0.1) is 0 Å². The highest BCUT2D eigenvalue weighted by molar-refractivity contribution is 5.10. The van der Waals surface area contributed by atoms with E-state index < -0.39 is 0 Å². The lowest BCUT2D eigenvalue weighted by molar-refractivity contribution is 0.426. The van der Waals surface area contributed by atoms with Crippen LogP contribution in [-0.2, 0) is 6.54 Å². The minimum Gasteiger partial charge on any atom is -0.332 e. The Labute approximate surface area is 97.3 Å². The van der Waals surface area contributed by atoms with Gasteiger partial charge in [-0.15, -0.1) is 0 Å². The number of imidazole rings is 1. The number of nitrogens with one attached hydrogen (secondary N) is 1. The third-order valence-corrected chi connectivity index (χ3v) is 3.89. The highest BCUT2D eigenvalue weighted by Gasteiger charge is 2.26. The lowest BCUT2D eigenvalue weighted by Gasteiger charge is -2.23. The number of hydrogen-bond acceptors (Lipinski definition) is 2. The van der Waals surface area contributed by atoms with Crippen LogP contribution in [0.25, 0.3) is 0 Å². The van der Waals surface area contributed by atoms with Crippen molar-refractivity contribution in [2.75, 3.05) is 13.1 Å². The van der Waals surface area contributed by atoms with Gasteiger partial charge in [-0.1, -0.05) is 0 Å². The number of aromatic nitrogens is 2. The van der Waals surface area contributed by atoms with E-state index in [0.717, 1.165) is 12.5 Å². The first-order valence-electron chi connectivity index (χ1n) is 6.57. The quantitative estimate of drug-likeness (QED) is 0.843. The van der Waals surface area contributed by atoms with Crippen LogP contribution in [0.2, 0.25) is 0 Å². The molecule has 1 unspecified atom stereocenters. The van der Waals surface area contributed by atoms with Crippen molar-refractivity contribution in [2.45, 2.75) is 45.1 Å². The zero-order valence-corrected chi connectivity index (χ0v) is 10.1. The Morgan fingerprint density at radius 2 is 2.31 bits per heavy atom. The minimum atomic E-state index is 0.640. The fraction of sp³-hybridized carbons (Fsp3) is 0.769. The normalized spacial score (nSPS) is 25.9. The fourth-order valence-corrected chi connectivity index (χ4v) is 2.67. The molecule has 1 saturated heterocycles. The van der Waals surface area contributed by atoms with Crippen molar-refractivity contribution in [3.8, 4) is 0 Å². The molecule has 0 amide bonds. The predicted octanol–water partition coefficient (Wildman–Crippen LogP) is 2.07. The second kappa shape index (κ2) is 4.21. The highest BCUT2D eigenvalue weighted by Crippen LogP contribution is 2.33. The summed E-state index contributed by atoms with van der Waals surface area (Å²) in [4.78, 5) is 4.64. The molecule has 0 bridgehead atoms. The van der Waals surface area contributed by atoms with E-state index in [-0.39, 0.29) is 0 Å². The van der Waals surface area contributed by atoms with Crippen molar-refractivity contribution < 1.29 is 0 Å². The van der Waals surface area contributed by atoms with Crippen LogP contribution in [0.5, 0.6) is 0 Å². The highest BCUT2D eigenvalue weighted by atomic mass is 15.1. The summed E-state index contributed by atoms with van der Waals surface area (Å²) in [5, 5.41) is 3.49. The summed E-state index contributed by atoms with van der Waals surface area (Å²) in [5.74, 6) is 2.90. The first kappa shape index (κ1) is 10.3. The maximum atomic E-state index is 4.64. The fourth-order valence-electron chi connectivity index (χ4n) is 2.67. The number of piperidine rings is 1. The van der Waals surface area contributed by atoms with Gasteiger partial charge >= 0.3 is 0 Å². The van der Waals surface area contributed by atoms with Crippen molar-refractivity contribution >= 4 is 0 Å². The molecular weight excluding hydrogens is 198 g/mol. The van der Waals surface area contributed by atoms with Gasteiger partial charge in [-0.05, 0) is 45.1 Å². The van der Waals surface area contributed by atoms with Gasteiger partial charge in [0.1, 0.15) is 5.82 Å². The number of rotatable bonds is 3. The largest absolute Gasteiger partial charge is 0.332 e. The molecule has 3 heteroatoms. The number of hydrogen-bond donors (Lipinski definition) is 1. The molecule has 1 aliphatic carbocycles. The summed E-state index contributed by atoms with van der Waals surface area (Å²) in [6.07, 6.45) is 7.47. The van der Waals surface area contributed by atoms with Gasteiger partial charge in [0.25, 0.3) is 0 Å². The van der Waals surface area contributed by atoms with Crippen molar-refractivity contribution in [1.29, 1.82) is 0 Å². The SMILES string of the molecule is Cc1cnc(C2CCCNC2)n1CC1CC1. The Bertz CT molecular complexity index is 359. The molecule has 0 aromatic carbocycles. The Morgan fingerprint density at radius 1 is 1.44 bits per heavy atom. The van der Waals surface area contributed by atoms with Crippen molar-refractivity contribution in [1.82, 2.24) is 14.9 Å². The lowest BCUT2D eigenvalue weighted by atomic mass is 9.99. The van der Waals surface area contributed by atoms with E-state index in [1.807, 2.05) is 6.20 Å². The van der Waals surface area contributed by atoms with E-state index in [1.165, 1.54) is 50.3 Å². The average molecular weight is 219 g/mol. The van der Waals surface area contributed by atoms with Crippen LogP contribution in [0.15, 0.2) is 6.20 Å². The van der Waals surface area contributed by atoms with Gasteiger partial charge in [-0.3, -0.25) is 0 Å². The predicted molar refractivity (Wildman–Crippen MR) is 64.5 cm³/mol. The Balaban J connectivity index is 1.80. The van der Waals surface area contributed by atoms with Crippen LogP contribution in [-0.4, -0.2) is 22.6 Å². The third-order valence-electron chi connectivity index (χ3n) is 3.89. The standard InChI is InChI=1S/C13H21N3/c1-10-7-15-13(12-3-2-6-14-8-12)16(10)9-11-4-5-11/h7,11-12,14H,2-6,8-9H2,1H3. The summed E-state index contributed by atoms with van der Waals surface area (Å²) in [6, 6.07) is 0. The van der Waals surface area contributed by atoms with E-state index in [2.05, 4.69) is 21.8 Å². The lowest BCUT2D eigenvalue weighted by Crippen LogP contribution is -2.30. The topological polar surface area (TPSA) is 29.9 Å². The average Bonchev–Trinajstić information content (AvgIpc) is 3.06. The van der Waals surface area contributed by atoms with Crippen LogP contribution in [0, 0.1) is 12.8 Å². The molecule has 3 nitrogen and oxygen atoms in total. The van der Waals surface area contributed by atoms with E-state index in [0.29, 0.717) is 5.92 Å². The molecule has 2 fully saturated rings. The summed E-state index contributed by atoms with van der Waals surface area (Å²) in [7, 11) is 0. The second-order valence-corrected chi connectivity index (χ2v) is 5.36. The van der Waals surface area contributed by atoms with Crippen LogP contribution in [0.1, 0.15) is 43.1 Å². The summed E-state index contributed by atoms with van der Waals surface area (Å²) in [5.41, 5.74) is 1.34. The van der Waals surface area contributed by atoms with E-state index in [4.69, 9.17) is 0 Å². The van der Waals surface area contributed by atoms with E-state index >= 15 is 0 Å². The molecule has 16 heavy (non-hydrogen) atoms. The van der Waals surface area contributed by atoms with Crippen LogP contribution in [0.4, 0.5) is 0 Å². The monoisotopic (exact) mass is 219 g/mol. The van der Waals surface area contributed by atoms with Crippen molar-refractivity contribution in [3.63, 3.8) is 0 Å². The first-order valence-corrected chi connectivity index (χ1v) is 6.57. The summed E-state index contributed by atoms with van der Waals surface area (Å²) < 4.78 is 2.47. The smallest absolute Gasteiger partial charge is 0.113 e. The molecule has 3 rings (SSSR count). The van der Waals surface area contributed by atoms with Gasteiger partial charge in [0.2, 0.25) is 0 Å². The molecule has 1 atom stereocenters. The molecule has 1 aromatic heterocycles. The van der Waals surface area contributed by atoms with Crippen LogP contribution >= 0.6 is 0 Å². The summed E-state index contributed by atoms with van der Waals surface area (Å²) >= 11 is 0. The molecule has 1 saturated carbocycles. The molecule has 1 aliphatic heterocycles. The molecule has 1 N–H and O–H groups in total. The second-order valence-electron chi connectivity index (χ2n) is 5.36. The van der Waals surface area contributed by atoms with Gasteiger partial charge in [0, 0.05) is 30.9 Å². The van der Waals surface area contributed by atoms with Gasteiger partial charge in [0.15, 0.2) is 0 Å². The van der Waals surface area contributed by atoms with Crippen molar-refractivity contribution in [2.24, 2.45) is 5.92 Å². The maximum absolute atomic E-state index is 4.64. The Morgan fingerprint density at radius 3 is 3.00 bits per heavy atom. The van der Waals surface area contributed by atoms with E-state index in [9.17, 15) is 0 Å². The number of nitrogens with zero attached hydrogens (tertiary/aromatic N) is 2. The van der Waals surface area contributed by atoms with Crippen LogP contribution < -0.4 is 5.32 Å². The zero-order chi connectivity index (χ0) is 11.0. The first-order chi connectivity index (χ1) is 7.84. The molecule has 2 aliphatic rings. The zero-order valence-electron chi connectivity index (χ0n) is 10.1. The van der Waals surface area contributed by atoms with Gasteiger partial charge in [-0.25, -0.2) is 4.98 Å². The molecule has 0 spiro atoms. The third kappa shape index (κ3) is 2.01. The molecule has 0 radical (unpaired) electrons. The Kier molecular flexibility index (Phi) is 2.72. The van der Waals surface area contributed by atoms with Crippen LogP contribution in [0.3, 0.4) is 0 Å². The van der Waals surface area contributed by atoms with Gasteiger partial charge < -0.3 is 9.88 Å². The molecular formula is C13H21N3. The van der Waals surface area contributed by atoms with Gasteiger partial charge in [-0.2, -0.15) is 0 Å². The van der Waals surface area contributed by atoms with E-state index in [1.54, 1.807) is 0 Å². The van der Waals surface area contributed by atoms with Crippen molar-refractivity contribution in [3.05, 3.63) is 17.7 Å². The maximum Gasteiger partial charge on any atom is 0.113 e. The number of aryl methyl sites for hydroxylation is 1. The molecule has 1 aromatic rings. The minimum absolute atomic E-state index is 0.640. The summed E-state index contributed by atoms with van der Waals surface area (Å²) in [6.45, 7) is 5.69.